The number of hydrogen-bond acceptors (Lipinski definition) is 3. The van der Waals surface area contributed by atoms with Gasteiger partial charge in [-0.1, -0.05) is 6.58 Å². The fourth-order valence-corrected chi connectivity index (χ4v) is 4.91. The van der Waals surface area contributed by atoms with Crippen molar-refractivity contribution in [3.8, 4) is 0 Å². The third-order valence-corrected chi connectivity index (χ3v) is 6.24. The lowest BCUT2D eigenvalue weighted by Gasteiger charge is -2.57. The Bertz CT molecular complexity index is 812. The summed E-state index contributed by atoms with van der Waals surface area (Å²) in [5, 5.41) is 9.21. The molecule has 2 amide bonds. The first-order chi connectivity index (χ1) is 11.6. The first-order valence-electron chi connectivity index (χ1n) is 8.28. The highest BCUT2D eigenvalue weighted by molar-refractivity contribution is 7.17. The summed E-state index contributed by atoms with van der Waals surface area (Å²) in [5.41, 5.74) is 1.15. The molecule has 1 heterocycles. The molecule has 0 atom stereocenters. The summed E-state index contributed by atoms with van der Waals surface area (Å²) < 4.78 is 1.23. The smallest absolute Gasteiger partial charge is 0.243 e. The maximum absolute atomic E-state index is 12.4. The first kappa shape index (κ1) is 15.4. The Kier molecular flexibility index (Phi) is 3.68. The van der Waals surface area contributed by atoms with E-state index < -0.39 is 0 Å². The van der Waals surface area contributed by atoms with Crippen LogP contribution in [0.25, 0.3) is 10.1 Å². The summed E-state index contributed by atoms with van der Waals surface area (Å²) in [7, 11) is 0. The van der Waals surface area contributed by atoms with Crippen molar-refractivity contribution in [2.75, 3.05) is 5.32 Å². The van der Waals surface area contributed by atoms with Crippen LogP contribution in [0.2, 0.25) is 0 Å². The number of nitrogens with one attached hydrogen (secondary N) is 2. The molecule has 1 aromatic heterocycles. The van der Waals surface area contributed by atoms with E-state index >= 15 is 0 Å². The van der Waals surface area contributed by atoms with Gasteiger partial charge in [-0.25, -0.2) is 0 Å². The van der Waals surface area contributed by atoms with Gasteiger partial charge in [0.1, 0.15) is 0 Å². The highest BCUT2D eigenvalue weighted by atomic mass is 32.1. The monoisotopic (exact) mass is 340 g/mol. The summed E-state index contributed by atoms with van der Waals surface area (Å²) in [5.74, 6) is 0.111. The molecule has 2 aromatic rings. The molecule has 0 aliphatic heterocycles. The van der Waals surface area contributed by atoms with Gasteiger partial charge in [-0.15, -0.1) is 11.3 Å². The van der Waals surface area contributed by atoms with Crippen LogP contribution in [-0.2, 0) is 9.59 Å². The van der Waals surface area contributed by atoms with Crippen molar-refractivity contribution in [3.63, 3.8) is 0 Å². The molecule has 5 heteroatoms. The van der Waals surface area contributed by atoms with Crippen LogP contribution in [0.1, 0.15) is 25.7 Å². The molecule has 124 valence electrons. The number of thiophene rings is 1. The molecule has 2 aliphatic carbocycles. The Morgan fingerprint density at radius 1 is 1.21 bits per heavy atom. The molecule has 2 N–H and O–H groups in total. The molecule has 1 aromatic carbocycles. The van der Waals surface area contributed by atoms with E-state index in [1.807, 2.05) is 12.1 Å². The average molecular weight is 340 g/mol. The number of benzene rings is 1. The number of hydrogen-bond donors (Lipinski definition) is 2. The van der Waals surface area contributed by atoms with Gasteiger partial charge < -0.3 is 10.6 Å². The lowest BCUT2D eigenvalue weighted by atomic mass is 9.50. The standard InChI is InChI=1S/C19H20N2O2S/c1-2-17(22)20-15-10-19(11-15)8-13(9-19)18(23)21-14-3-4-16-12(7-14)5-6-24-16/h2-7,13,15H,1,8-11H2,(H,20,22)(H,21,23). The van der Waals surface area contributed by atoms with E-state index in [1.54, 1.807) is 11.3 Å². The summed E-state index contributed by atoms with van der Waals surface area (Å²) in [6.07, 6.45) is 5.14. The molecule has 0 radical (unpaired) electrons. The van der Waals surface area contributed by atoms with Gasteiger partial charge in [0, 0.05) is 22.3 Å². The van der Waals surface area contributed by atoms with E-state index in [2.05, 4.69) is 34.7 Å². The maximum Gasteiger partial charge on any atom is 0.243 e. The van der Waals surface area contributed by atoms with Crippen molar-refractivity contribution in [2.24, 2.45) is 11.3 Å². The van der Waals surface area contributed by atoms with Gasteiger partial charge in [0.05, 0.1) is 0 Å². The van der Waals surface area contributed by atoms with Gasteiger partial charge >= 0.3 is 0 Å². The molecular formula is C19H20N2O2S. The Morgan fingerprint density at radius 3 is 2.75 bits per heavy atom. The molecule has 0 saturated heterocycles. The van der Waals surface area contributed by atoms with Gasteiger partial charge in [-0.2, -0.15) is 0 Å². The summed E-state index contributed by atoms with van der Waals surface area (Å²) in [4.78, 5) is 23.7. The van der Waals surface area contributed by atoms with Crippen molar-refractivity contribution < 1.29 is 9.59 Å². The Morgan fingerprint density at radius 2 is 2.00 bits per heavy atom. The van der Waals surface area contributed by atoms with E-state index in [0.717, 1.165) is 31.4 Å². The van der Waals surface area contributed by atoms with Crippen molar-refractivity contribution in [1.82, 2.24) is 5.32 Å². The van der Waals surface area contributed by atoms with Crippen LogP contribution in [0.15, 0.2) is 42.3 Å². The molecule has 2 fully saturated rings. The molecule has 4 rings (SSSR count). The van der Waals surface area contributed by atoms with Gasteiger partial charge in [0.15, 0.2) is 0 Å². The lowest BCUT2D eigenvalue weighted by molar-refractivity contribution is -0.135. The van der Waals surface area contributed by atoms with Crippen molar-refractivity contribution >= 4 is 38.9 Å². The molecule has 24 heavy (non-hydrogen) atoms. The van der Waals surface area contributed by atoms with E-state index in [1.165, 1.54) is 16.2 Å². The number of fused-ring (bicyclic) bond motifs is 1. The number of rotatable bonds is 4. The van der Waals surface area contributed by atoms with Crippen LogP contribution in [0, 0.1) is 11.3 Å². The van der Waals surface area contributed by atoms with Crippen molar-refractivity contribution in [1.29, 1.82) is 0 Å². The summed E-state index contributed by atoms with van der Waals surface area (Å²) in [6, 6.07) is 8.37. The van der Waals surface area contributed by atoms with Crippen LogP contribution in [0.5, 0.6) is 0 Å². The second-order valence-corrected chi connectivity index (χ2v) is 8.03. The molecule has 0 unspecified atom stereocenters. The van der Waals surface area contributed by atoms with Crippen molar-refractivity contribution in [2.45, 2.75) is 31.7 Å². The fourth-order valence-electron chi connectivity index (χ4n) is 4.14. The zero-order valence-corrected chi connectivity index (χ0v) is 14.2. The van der Waals surface area contributed by atoms with E-state index in [4.69, 9.17) is 0 Å². The zero-order valence-electron chi connectivity index (χ0n) is 13.4. The van der Waals surface area contributed by atoms with Crippen LogP contribution < -0.4 is 10.6 Å². The molecule has 1 spiro atoms. The number of anilines is 1. The average Bonchev–Trinajstić information content (AvgIpc) is 2.95. The summed E-state index contributed by atoms with van der Waals surface area (Å²) in [6.45, 7) is 3.47. The topological polar surface area (TPSA) is 58.2 Å². The summed E-state index contributed by atoms with van der Waals surface area (Å²) >= 11 is 1.70. The Balaban J connectivity index is 1.29. The van der Waals surface area contributed by atoms with Gasteiger partial charge in [-0.3, -0.25) is 9.59 Å². The second kappa shape index (κ2) is 5.74. The maximum atomic E-state index is 12.4. The van der Waals surface area contributed by atoms with Gasteiger partial charge in [0.2, 0.25) is 11.8 Å². The molecule has 2 aliphatic rings. The minimum absolute atomic E-state index is 0.0965. The minimum atomic E-state index is -0.104. The second-order valence-electron chi connectivity index (χ2n) is 7.09. The highest BCUT2D eigenvalue weighted by Crippen LogP contribution is 2.58. The third kappa shape index (κ3) is 2.73. The van der Waals surface area contributed by atoms with Crippen LogP contribution in [0.4, 0.5) is 5.69 Å². The van der Waals surface area contributed by atoms with E-state index in [0.29, 0.717) is 0 Å². The van der Waals surface area contributed by atoms with Crippen LogP contribution in [-0.4, -0.2) is 17.9 Å². The normalized spacial score (nSPS) is 28.0. The Labute approximate surface area is 144 Å². The fraction of sp³-hybridized carbons (Fsp3) is 0.368. The predicted octanol–water partition coefficient (Wildman–Crippen LogP) is 3.70. The first-order valence-corrected chi connectivity index (χ1v) is 9.16. The molecule has 0 bridgehead atoms. The zero-order chi connectivity index (χ0) is 16.7. The van der Waals surface area contributed by atoms with Gasteiger partial charge in [-0.05, 0) is 72.2 Å². The van der Waals surface area contributed by atoms with Gasteiger partial charge in [0.25, 0.3) is 0 Å². The largest absolute Gasteiger partial charge is 0.350 e. The Hall–Kier alpha value is -2.14. The van der Waals surface area contributed by atoms with Crippen LogP contribution >= 0.6 is 11.3 Å². The highest BCUT2D eigenvalue weighted by Gasteiger charge is 2.54. The third-order valence-electron chi connectivity index (χ3n) is 5.34. The molecular weight excluding hydrogens is 320 g/mol. The van der Waals surface area contributed by atoms with E-state index in [9.17, 15) is 9.59 Å². The molecule has 2 saturated carbocycles. The van der Waals surface area contributed by atoms with Crippen molar-refractivity contribution in [3.05, 3.63) is 42.3 Å². The predicted molar refractivity (Wildman–Crippen MR) is 97.0 cm³/mol. The van der Waals surface area contributed by atoms with Crippen LogP contribution in [0.3, 0.4) is 0 Å². The minimum Gasteiger partial charge on any atom is -0.350 e. The lowest BCUT2D eigenvalue weighted by Crippen LogP contribution is -2.57. The number of carbonyl (C=O) groups is 2. The quantitative estimate of drug-likeness (QED) is 0.834. The molecule has 4 nitrogen and oxygen atoms in total. The number of amides is 2. The van der Waals surface area contributed by atoms with E-state index in [-0.39, 0.29) is 29.2 Å². The SMILES string of the molecule is C=CC(=O)NC1CC2(C1)CC(C(=O)Nc1ccc3sccc3c1)C2. The number of carbonyl (C=O) groups excluding carboxylic acids is 2.